The molecule has 0 amide bonds. The molecule has 1 heterocycles. The van der Waals surface area contributed by atoms with Crippen molar-refractivity contribution in [1.29, 1.82) is 0 Å². The van der Waals surface area contributed by atoms with E-state index >= 15 is 0 Å². The first-order valence-corrected chi connectivity index (χ1v) is 7.76. The van der Waals surface area contributed by atoms with Gasteiger partial charge in [0.05, 0.1) is 12.7 Å². The molecule has 0 fully saturated rings. The van der Waals surface area contributed by atoms with Crippen molar-refractivity contribution in [2.24, 2.45) is 0 Å². The lowest BCUT2D eigenvalue weighted by atomic mass is 10.2. The van der Waals surface area contributed by atoms with Crippen molar-refractivity contribution in [3.8, 4) is 22.8 Å². The molecule has 3 aromatic rings. The van der Waals surface area contributed by atoms with Crippen LogP contribution in [0.25, 0.3) is 17.1 Å². The fourth-order valence-electron chi connectivity index (χ4n) is 2.22. The molecule has 0 N–H and O–H groups in total. The summed E-state index contributed by atoms with van der Waals surface area (Å²) in [6.45, 7) is 0. The predicted octanol–water partition coefficient (Wildman–Crippen LogP) is 3.66. The van der Waals surface area contributed by atoms with Gasteiger partial charge < -0.3 is 4.74 Å². The quantitative estimate of drug-likeness (QED) is 0.689. The lowest BCUT2D eigenvalue weighted by molar-refractivity contribution is 0.416. The van der Waals surface area contributed by atoms with Crippen LogP contribution in [-0.4, -0.2) is 28.1 Å². The van der Waals surface area contributed by atoms with Gasteiger partial charge in [0.1, 0.15) is 5.75 Å². The number of aromatic nitrogens is 3. The average Bonchev–Trinajstić information content (AvgIpc) is 2.99. The van der Waals surface area contributed by atoms with Gasteiger partial charge in [0.2, 0.25) is 0 Å². The van der Waals surface area contributed by atoms with Crippen LogP contribution in [0.2, 0.25) is 0 Å². The number of methoxy groups -OCH3 is 1. The minimum absolute atomic E-state index is 0.781. The number of para-hydroxylation sites is 2. The van der Waals surface area contributed by atoms with E-state index in [1.54, 1.807) is 18.9 Å². The summed E-state index contributed by atoms with van der Waals surface area (Å²) in [5.41, 5.74) is 1.96. The summed E-state index contributed by atoms with van der Waals surface area (Å²) in [6, 6.07) is 17.9. The highest BCUT2D eigenvalue weighted by molar-refractivity contribution is 7.98. The number of ether oxygens (including phenoxy) is 1. The standard InChI is InChI=1S/C16H15N3OS/c1-20-14-11-7-6-10-13(14)15-17-18-16(21-2)19(15)12-8-4-3-5-9-12/h3-11H,1-2H3. The lowest BCUT2D eigenvalue weighted by Gasteiger charge is -2.11. The van der Waals surface area contributed by atoms with Crippen molar-refractivity contribution < 1.29 is 4.74 Å². The molecule has 0 aliphatic heterocycles. The molecule has 0 atom stereocenters. The van der Waals surface area contributed by atoms with Gasteiger partial charge in [-0.25, -0.2) is 0 Å². The molecule has 0 bridgehead atoms. The molecule has 5 heteroatoms. The smallest absolute Gasteiger partial charge is 0.195 e. The van der Waals surface area contributed by atoms with Crippen LogP contribution in [0.1, 0.15) is 0 Å². The van der Waals surface area contributed by atoms with Gasteiger partial charge in [-0.2, -0.15) is 0 Å². The molecule has 0 unspecified atom stereocenters. The summed E-state index contributed by atoms with van der Waals surface area (Å²) in [5, 5.41) is 9.49. The highest BCUT2D eigenvalue weighted by Gasteiger charge is 2.17. The van der Waals surface area contributed by atoms with Crippen LogP contribution < -0.4 is 4.74 Å². The third kappa shape index (κ3) is 2.52. The lowest BCUT2D eigenvalue weighted by Crippen LogP contribution is -2.00. The molecule has 106 valence electrons. The largest absolute Gasteiger partial charge is 0.496 e. The number of hydrogen-bond acceptors (Lipinski definition) is 4. The average molecular weight is 297 g/mol. The summed E-state index contributed by atoms with van der Waals surface area (Å²) in [6.07, 6.45) is 2.00. The number of nitrogens with zero attached hydrogens (tertiary/aromatic N) is 3. The van der Waals surface area contributed by atoms with E-state index in [1.165, 1.54) is 0 Å². The molecule has 3 rings (SSSR count). The van der Waals surface area contributed by atoms with E-state index in [0.717, 1.165) is 28.0 Å². The van der Waals surface area contributed by atoms with E-state index in [0.29, 0.717) is 0 Å². The van der Waals surface area contributed by atoms with E-state index in [4.69, 9.17) is 4.74 Å². The SMILES string of the molecule is COc1ccccc1-c1nnc(SC)n1-c1ccccc1. The summed E-state index contributed by atoms with van der Waals surface area (Å²) in [7, 11) is 1.66. The van der Waals surface area contributed by atoms with Gasteiger partial charge >= 0.3 is 0 Å². The normalized spacial score (nSPS) is 10.6. The molecular formula is C16H15N3OS. The van der Waals surface area contributed by atoms with Crippen LogP contribution in [-0.2, 0) is 0 Å². The molecule has 2 aromatic carbocycles. The maximum Gasteiger partial charge on any atom is 0.195 e. The van der Waals surface area contributed by atoms with Crippen molar-refractivity contribution >= 4 is 11.8 Å². The first kappa shape index (κ1) is 13.7. The fourth-order valence-corrected chi connectivity index (χ4v) is 2.71. The van der Waals surface area contributed by atoms with Crippen molar-refractivity contribution in [1.82, 2.24) is 14.8 Å². The molecule has 0 aliphatic rings. The second-order valence-corrected chi connectivity index (χ2v) is 5.15. The Morgan fingerprint density at radius 1 is 0.952 bits per heavy atom. The van der Waals surface area contributed by atoms with Crippen molar-refractivity contribution in [3.63, 3.8) is 0 Å². The highest BCUT2D eigenvalue weighted by atomic mass is 32.2. The molecule has 21 heavy (non-hydrogen) atoms. The van der Waals surface area contributed by atoms with E-state index < -0.39 is 0 Å². The number of rotatable bonds is 4. The molecule has 0 aliphatic carbocycles. The summed E-state index contributed by atoms with van der Waals surface area (Å²) >= 11 is 1.57. The Morgan fingerprint density at radius 2 is 1.67 bits per heavy atom. The third-order valence-electron chi connectivity index (χ3n) is 3.18. The Hall–Kier alpha value is -2.27. The Labute approximate surface area is 127 Å². The second-order valence-electron chi connectivity index (χ2n) is 4.38. The van der Waals surface area contributed by atoms with Gasteiger partial charge in [-0.05, 0) is 30.5 Å². The van der Waals surface area contributed by atoms with Crippen LogP contribution >= 0.6 is 11.8 Å². The molecule has 1 aromatic heterocycles. The minimum atomic E-state index is 0.781. The summed E-state index contributed by atoms with van der Waals surface area (Å²) < 4.78 is 7.49. The Kier molecular flexibility index (Phi) is 3.92. The van der Waals surface area contributed by atoms with Crippen LogP contribution in [0.15, 0.2) is 59.8 Å². The Bertz CT molecular complexity index is 740. The number of benzene rings is 2. The van der Waals surface area contributed by atoms with Crippen LogP contribution in [0.3, 0.4) is 0 Å². The molecule has 4 nitrogen and oxygen atoms in total. The molecule has 0 saturated carbocycles. The van der Waals surface area contributed by atoms with Gasteiger partial charge in [0.15, 0.2) is 11.0 Å². The summed E-state index contributed by atoms with van der Waals surface area (Å²) in [4.78, 5) is 0. The highest BCUT2D eigenvalue weighted by Crippen LogP contribution is 2.32. The van der Waals surface area contributed by atoms with E-state index in [2.05, 4.69) is 10.2 Å². The fraction of sp³-hybridized carbons (Fsp3) is 0.125. The minimum Gasteiger partial charge on any atom is -0.496 e. The first-order valence-electron chi connectivity index (χ1n) is 6.53. The van der Waals surface area contributed by atoms with Crippen molar-refractivity contribution in [3.05, 3.63) is 54.6 Å². The maximum atomic E-state index is 5.45. The Balaban J connectivity index is 2.23. The maximum absolute atomic E-state index is 5.45. The van der Waals surface area contributed by atoms with Crippen LogP contribution in [0.5, 0.6) is 5.75 Å². The third-order valence-corrected chi connectivity index (χ3v) is 3.81. The van der Waals surface area contributed by atoms with Crippen LogP contribution in [0, 0.1) is 0 Å². The van der Waals surface area contributed by atoms with Crippen molar-refractivity contribution in [2.75, 3.05) is 13.4 Å². The zero-order valence-corrected chi connectivity index (χ0v) is 12.7. The predicted molar refractivity (Wildman–Crippen MR) is 85.1 cm³/mol. The monoisotopic (exact) mass is 297 g/mol. The molecule has 0 radical (unpaired) electrons. The van der Waals surface area contributed by atoms with E-state index in [1.807, 2.05) is 65.4 Å². The van der Waals surface area contributed by atoms with Crippen molar-refractivity contribution in [2.45, 2.75) is 5.16 Å². The molecule has 0 saturated heterocycles. The first-order chi connectivity index (χ1) is 10.3. The Morgan fingerprint density at radius 3 is 2.38 bits per heavy atom. The topological polar surface area (TPSA) is 39.9 Å². The molecular weight excluding hydrogens is 282 g/mol. The van der Waals surface area contributed by atoms with Gasteiger partial charge in [0, 0.05) is 5.69 Å². The number of hydrogen-bond donors (Lipinski definition) is 0. The zero-order chi connectivity index (χ0) is 14.7. The number of thioether (sulfide) groups is 1. The van der Waals surface area contributed by atoms with Gasteiger partial charge in [0.25, 0.3) is 0 Å². The zero-order valence-electron chi connectivity index (χ0n) is 11.9. The van der Waals surface area contributed by atoms with E-state index in [-0.39, 0.29) is 0 Å². The van der Waals surface area contributed by atoms with Gasteiger partial charge in [-0.3, -0.25) is 4.57 Å². The second kappa shape index (κ2) is 6.01. The van der Waals surface area contributed by atoms with Crippen LogP contribution in [0.4, 0.5) is 0 Å². The molecule has 0 spiro atoms. The van der Waals surface area contributed by atoms with Gasteiger partial charge in [-0.1, -0.05) is 42.1 Å². The van der Waals surface area contributed by atoms with E-state index in [9.17, 15) is 0 Å². The summed E-state index contributed by atoms with van der Waals surface area (Å²) in [5.74, 6) is 1.57. The van der Waals surface area contributed by atoms with Gasteiger partial charge in [-0.15, -0.1) is 10.2 Å².